The van der Waals surface area contributed by atoms with E-state index in [9.17, 15) is 9.18 Å². The van der Waals surface area contributed by atoms with Gasteiger partial charge in [0.15, 0.2) is 0 Å². The van der Waals surface area contributed by atoms with E-state index in [4.69, 9.17) is 5.11 Å². The number of carboxylic acid groups (broad SMARTS) is 1. The molecule has 0 spiro atoms. The first-order chi connectivity index (χ1) is 10.1. The van der Waals surface area contributed by atoms with Crippen molar-refractivity contribution in [3.63, 3.8) is 0 Å². The van der Waals surface area contributed by atoms with Crippen LogP contribution in [0.1, 0.15) is 10.4 Å². The van der Waals surface area contributed by atoms with Crippen LogP contribution in [0.3, 0.4) is 0 Å². The Bertz CT molecular complexity index is 825. The Morgan fingerprint density at radius 1 is 1.00 bits per heavy atom. The zero-order valence-electron chi connectivity index (χ0n) is 11.0. The van der Waals surface area contributed by atoms with E-state index in [1.807, 2.05) is 42.5 Å². The normalized spacial score (nSPS) is 10.5. The van der Waals surface area contributed by atoms with Crippen LogP contribution in [0.2, 0.25) is 0 Å². The van der Waals surface area contributed by atoms with Gasteiger partial charge < -0.3 is 10.4 Å². The number of nitrogens with one attached hydrogen (secondary N) is 1. The zero-order valence-corrected chi connectivity index (χ0v) is 11.0. The fraction of sp³-hybridized carbons (Fsp3) is 0. The topological polar surface area (TPSA) is 49.3 Å². The molecule has 0 aliphatic heterocycles. The van der Waals surface area contributed by atoms with Crippen molar-refractivity contribution < 1.29 is 14.3 Å². The highest BCUT2D eigenvalue weighted by molar-refractivity contribution is 5.96. The predicted molar refractivity (Wildman–Crippen MR) is 80.6 cm³/mol. The third kappa shape index (κ3) is 2.69. The molecule has 0 amide bonds. The summed E-state index contributed by atoms with van der Waals surface area (Å²) >= 11 is 0. The summed E-state index contributed by atoms with van der Waals surface area (Å²) in [5.41, 5.74) is 1.12. The van der Waals surface area contributed by atoms with Gasteiger partial charge in [0, 0.05) is 16.8 Å². The second-order valence-corrected chi connectivity index (χ2v) is 4.69. The molecule has 0 radical (unpaired) electrons. The molecule has 0 fully saturated rings. The lowest BCUT2D eigenvalue weighted by molar-refractivity contribution is 0.0696. The lowest BCUT2D eigenvalue weighted by atomic mass is 10.1. The number of hydrogen-bond acceptors (Lipinski definition) is 2. The molecule has 3 rings (SSSR count). The monoisotopic (exact) mass is 281 g/mol. The third-order valence-corrected chi connectivity index (χ3v) is 3.21. The Labute approximate surface area is 120 Å². The maximum Gasteiger partial charge on any atom is 0.335 e. The first-order valence-electron chi connectivity index (χ1n) is 6.42. The number of carboxylic acids is 1. The van der Waals surface area contributed by atoms with E-state index in [0.29, 0.717) is 5.69 Å². The molecular formula is C17H12FNO2. The van der Waals surface area contributed by atoms with Crippen LogP contribution in [0.15, 0.2) is 60.7 Å². The quantitative estimate of drug-likeness (QED) is 0.747. The molecule has 104 valence electrons. The van der Waals surface area contributed by atoms with Crippen molar-refractivity contribution >= 4 is 28.1 Å². The SMILES string of the molecule is O=C(O)c1cc(F)cc(Nc2cccc3ccccc23)c1. The second-order valence-electron chi connectivity index (χ2n) is 4.69. The molecule has 0 heterocycles. The van der Waals surface area contributed by atoms with E-state index in [2.05, 4.69) is 5.32 Å². The molecule has 4 heteroatoms. The van der Waals surface area contributed by atoms with E-state index in [1.165, 1.54) is 12.1 Å². The molecule has 0 aromatic heterocycles. The Kier molecular flexibility index (Phi) is 3.28. The van der Waals surface area contributed by atoms with Gasteiger partial charge in [-0.2, -0.15) is 0 Å². The third-order valence-electron chi connectivity index (χ3n) is 3.21. The maximum absolute atomic E-state index is 13.5. The number of carbonyl (C=O) groups is 1. The van der Waals surface area contributed by atoms with Crippen molar-refractivity contribution in [2.45, 2.75) is 0 Å². The number of aromatic carboxylic acids is 1. The molecule has 0 saturated heterocycles. The molecule has 0 aliphatic carbocycles. The van der Waals surface area contributed by atoms with E-state index in [-0.39, 0.29) is 5.56 Å². The van der Waals surface area contributed by atoms with Gasteiger partial charge in [0.2, 0.25) is 0 Å². The Balaban J connectivity index is 2.05. The summed E-state index contributed by atoms with van der Waals surface area (Å²) in [6.07, 6.45) is 0. The van der Waals surface area contributed by atoms with Gasteiger partial charge in [0.1, 0.15) is 5.82 Å². The van der Waals surface area contributed by atoms with Crippen LogP contribution in [-0.2, 0) is 0 Å². The lowest BCUT2D eigenvalue weighted by Crippen LogP contribution is -2.00. The first-order valence-corrected chi connectivity index (χ1v) is 6.42. The van der Waals surface area contributed by atoms with Crippen LogP contribution >= 0.6 is 0 Å². The average molecular weight is 281 g/mol. The van der Waals surface area contributed by atoms with Gasteiger partial charge in [0.05, 0.1) is 5.56 Å². The lowest BCUT2D eigenvalue weighted by Gasteiger charge is -2.10. The molecule has 0 saturated carbocycles. The van der Waals surface area contributed by atoms with Crippen LogP contribution < -0.4 is 5.32 Å². The van der Waals surface area contributed by atoms with Crippen LogP contribution in [0.25, 0.3) is 10.8 Å². The van der Waals surface area contributed by atoms with Gasteiger partial charge in [-0.3, -0.25) is 0 Å². The minimum atomic E-state index is -1.16. The molecule has 0 atom stereocenters. The summed E-state index contributed by atoms with van der Waals surface area (Å²) in [5, 5.41) is 14.1. The van der Waals surface area contributed by atoms with Gasteiger partial charge in [-0.15, -0.1) is 0 Å². The van der Waals surface area contributed by atoms with Crippen molar-refractivity contribution in [1.82, 2.24) is 0 Å². The van der Waals surface area contributed by atoms with Crippen molar-refractivity contribution in [2.75, 3.05) is 5.32 Å². The molecule has 3 nitrogen and oxygen atoms in total. The van der Waals surface area contributed by atoms with Gasteiger partial charge >= 0.3 is 5.97 Å². The molecule has 0 bridgehead atoms. The molecule has 2 N–H and O–H groups in total. The number of rotatable bonds is 3. The van der Waals surface area contributed by atoms with Crippen molar-refractivity contribution in [2.24, 2.45) is 0 Å². The summed E-state index contributed by atoms with van der Waals surface area (Å²) in [6.45, 7) is 0. The predicted octanol–water partition coefficient (Wildman–Crippen LogP) is 4.42. The summed E-state index contributed by atoms with van der Waals surface area (Å²) in [6, 6.07) is 17.2. The van der Waals surface area contributed by atoms with Crippen molar-refractivity contribution in [1.29, 1.82) is 0 Å². The summed E-state index contributed by atoms with van der Waals surface area (Å²) < 4.78 is 13.5. The van der Waals surface area contributed by atoms with Crippen LogP contribution in [-0.4, -0.2) is 11.1 Å². The fourth-order valence-corrected chi connectivity index (χ4v) is 2.28. The average Bonchev–Trinajstić information content (AvgIpc) is 2.47. The smallest absolute Gasteiger partial charge is 0.335 e. The Hall–Kier alpha value is -2.88. The molecule has 0 aliphatic rings. The number of halogens is 1. The van der Waals surface area contributed by atoms with E-state index >= 15 is 0 Å². The van der Waals surface area contributed by atoms with Crippen LogP contribution in [0, 0.1) is 5.82 Å². The number of anilines is 2. The number of hydrogen-bond donors (Lipinski definition) is 2. The highest BCUT2D eigenvalue weighted by Crippen LogP contribution is 2.27. The summed E-state index contributed by atoms with van der Waals surface area (Å²) in [5.74, 6) is -1.74. The molecular weight excluding hydrogens is 269 g/mol. The number of fused-ring (bicyclic) bond motifs is 1. The van der Waals surface area contributed by atoms with E-state index in [0.717, 1.165) is 22.5 Å². The summed E-state index contributed by atoms with van der Waals surface area (Å²) in [4.78, 5) is 11.0. The zero-order chi connectivity index (χ0) is 14.8. The molecule has 0 unspecified atom stereocenters. The highest BCUT2D eigenvalue weighted by Gasteiger charge is 2.08. The van der Waals surface area contributed by atoms with Gasteiger partial charge in [0.25, 0.3) is 0 Å². The fourth-order valence-electron chi connectivity index (χ4n) is 2.28. The minimum absolute atomic E-state index is 0.0854. The van der Waals surface area contributed by atoms with E-state index in [1.54, 1.807) is 0 Å². The van der Waals surface area contributed by atoms with Crippen molar-refractivity contribution in [3.8, 4) is 0 Å². The second kappa shape index (κ2) is 5.25. The molecule has 3 aromatic carbocycles. The van der Waals surface area contributed by atoms with Crippen LogP contribution in [0.5, 0.6) is 0 Å². The molecule has 21 heavy (non-hydrogen) atoms. The van der Waals surface area contributed by atoms with E-state index < -0.39 is 11.8 Å². The van der Waals surface area contributed by atoms with Crippen LogP contribution in [0.4, 0.5) is 15.8 Å². The molecule has 3 aromatic rings. The standard InChI is InChI=1S/C17H12FNO2/c18-13-8-12(17(20)21)9-14(10-13)19-16-7-3-5-11-4-1-2-6-15(11)16/h1-10,19H,(H,20,21). The Morgan fingerprint density at radius 3 is 2.57 bits per heavy atom. The first kappa shape index (κ1) is 13.1. The Morgan fingerprint density at radius 2 is 1.76 bits per heavy atom. The van der Waals surface area contributed by atoms with Gasteiger partial charge in [-0.1, -0.05) is 36.4 Å². The van der Waals surface area contributed by atoms with Crippen molar-refractivity contribution in [3.05, 3.63) is 72.0 Å². The minimum Gasteiger partial charge on any atom is -0.478 e. The van der Waals surface area contributed by atoms with Gasteiger partial charge in [-0.05, 0) is 29.7 Å². The maximum atomic E-state index is 13.5. The van der Waals surface area contributed by atoms with Gasteiger partial charge in [-0.25, -0.2) is 9.18 Å². The highest BCUT2D eigenvalue weighted by atomic mass is 19.1. The summed E-state index contributed by atoms with van der Waals surface area (Å²) in [7, 11) is 0. The number of benzene rings is 3. The largest absolute Gasteiger partial charge is 0.478 e.